The van der Waals surface area contributed by atoms with Crippen molar-refractivity contribution in [1.29, 1.82) is 0 Å². The lowest BCUT2D eigenvalue weighted by atomic mass is 10.4. The molecule has 0 saturated carbocycles. The Morgan fingerprint density at radius 2 is 2.29 bits per heavy atom. The molecule has 0 spiro atoms. The van der Waals surface area contributed by atoms with Gasteiger partial charge in [0, 0.05) is 25.6 Å². The fourth-order valence-electron chi connectivity index (χ4n) is 0.450. The van der Waals surface area contributed by atoms with Crippen LogP contribution < -0.4 is 0 Å². The van der Waals surface area contributed by atoms with E-state index in [0.29, 0.717) is 0 Å². The van der Waals surface area contributed by atoms with Gasteiger partial charge in [0.15, 0.2) is 0 Å². The Morgan fingerprint density at radius 1 is 1.43 bits per heavy atom. The Hall–Kier alpha value is -0.370. The average molecular weight is 112 g/mol. The van der Waals surface area contributed by atoms with Gasteiger partial charge in [-0.2, -0.15) is 0 Å². The van der Waals surface area contributed by atoms with E-state index < -0.39 is 0 Å². The zero-order chi connectivity index (χ0) is 5.11. The van der Waals surface area contributed by atoms with E-state index in [2.05, 4.69) is 0 Å². The summed E-state index contributed by atoms with van der Waals surface area (Å²) in [6.07, 6.45) is 7.81. The molecular formula is C5H6NS. The molecule has 37 valence electrons. The Kier molecular flexibility index (Phi) is 1.42. The first-order valence-electron chi connectivity index (χ1n) is 2.17. The molecule has 0 saturated heterocycles. The molecule has 0 aliphatic carbocycles. The van der Waals surface area contributed by atoms with Gasteiger partial charge in [0.2, 0.25) is 0 Å². The number of hydrogen-bond acceptors (Lipinski definition) is 1. The standard InChI is InChI=1S/C5H6NS/c7-6-4-2-1-3-5-6/h1-4H,5H2. The minimum atomic E-state index is 0.867. The summed E-state index contributed by atoms with van der Waals surface area (Å²) in [6, 6.07) is 0. The maximum atomic E-state index is 4.78. The smallest absolute Gasteiger partial charge is 0.0481 e. The zero-order valence-corrected chi connectivity index (χ0v) is 4.69. The van der Waals surface area contributed by atoms with Crippen LogP contribution in [0.2, 0.25) is 0 Å². The van der Waals surface area contributed by atoms with E-state index in [-0.39, 0.29) is 0 Å². The highest BCUT2D eigenvalue weighted by Gasteiger charge is 1.88. The number of rotatable bonds is 0. The maximum Gasteiger partial charge on any atom is 0.0481 e. The summed E-state index contributed by atoms with van der Waals surface area (Å²) in [7, 11) is 0. The van der Waals surface area contributed by atoms with Gasteiger partial charge in [-0.05, 0) is 6.08 Å². The molecule has 1 rings (SSSR count). The first kappa shape index (κ1) is 4.78. The molecule has 0 aromatic carbocycles. The predicted octanol–water partition coefficient (Wildman–Crippen LogP) is 1.48. The van der Waals surface area contributed by atoms with Gasteiger partial charge in [-0.3, -0.25) is 0 Å². The summed E-state index contributed by atoms with van der Waals surface area (Å²) in [5, 5.41) is 0. The fourth-order valence-corrected chi connectivity index (χ4v) is 0.606. The molecule has 1 aliphatic heterocycles. The van der Waals surface area contributed by atoms with Crippen molar-refractivity contribution in [2.45, 2.75) is 0 Å². The van der Waals surface area contributed by atoms with E-state index in [4.69, 9.17) is 12.8 Å². The molecular weight excluding hydrogens is 106 g/mol. The van der Waals surface area contributed by atoms with Crippen LogP contribution in [0.25, 0.3) is 0 Å². The van der Waals surface area contributed by atoms with Crippen LogP contribution in [0.5, 0.6) is 0 Å². The first-order chi connectivity index (χ1) is 3.39. The molecule has 0 aromatic rings. The van der Waals surface area contributed by atoms with E-state index in [1.807, 2.05) is 24.4 Å². The Bertz CT molecular complexity index is 107. The molecule has 2 heteroatoms. The molecule has 0 amide bonds. The van der Waals surface area contributed by atoms with Crippen molar-refractivity contribution >= 4 is 12.8 Å². The highest BCUT2D eigenvalue weighted by Crippen LogP contribution is 1.98. The predicted molar refractivity (Wildman–Crippen MR) is 32.6 cm³/mol. The fraction of sp³-hybridized carbons (Fsp3) is 0.200. The van der Waals surface area contributed by atoms with Crippen molar-refractivity contribution in [2.24, 2.45) is 0 Å². The van der Waals surface area contributed by atoms with Crippen LogP contribution in [0, 0.1) is 0 Å². The minimum Gasteiger partial charge on any atom is -0.309 e. The third kappa shape index (κ3) is 1.27. The lowest BCUT2D eigenvalue weighted by Gasteiger charge is -2.08. The lowest BCUT2D eigenvalue weighted by Crippen LogP contribution is -2.04. The second-order valence-corrected chi connectivity index (χ2v) is 1.84. The molecule has 0 atom stereocenters. The Balaban J connectivity index is 2.49. The first-order valence-corrected chi connectivity index (χ1v) is 2.53. The molecule has 7 heavy (non-hydrogen) atoms. The molecule has 0 N–H and O–H groups in total. The molecule has 0 unspecified atom stereocenters. The van der Waals surface area contributed by atoms with Crippen LogP contribution in [-0.4, -0.2) is 10.8 Å². The van der Waals surface area contributed by atoms with Crippen molar-refractivity contribution < 1.29 is 0 Å². The van der Waals surface area contributed by atoms with E-state index in [1.165, 1.54) is 0 Å². The summed E-state index contributed by atoms with van der Waals surface area (Å²) in [5.41, 5.74) is 0. The average Bonchev–Trinajstić information content (AvgIpc) is 1.69. The molecule has 1 nitrogen and oxygen atoms in total. The second kappa shape index (κ2) is 2.07. The third-order valence-electron chi connectivity index (χ3n) is 0.785. The van der Waals surface area contributed by atoms with Crippen molar-refractivity contribution in [3.05, 3.63) is 24.4 Å². The van der Waals surface area contributed by atoms with Gasteiger partial charge in [0.25, 0.3) is 0 Å². The van der Waals surface area contributed by atoms with Crippen molar-refractivity contribution in [3.63, 3.8) is 0 Å². The zero-order valence-electron chi connectivity index (χ0n) is 3.87. The second-order valence-electron chi connectivity index (χ2n) is 1.37. The van der Waals surface area contributed by atoms with E-state index in [9.17, 15) is 0 Å². The van der Waals surface area contributed by atoms with Crippen molar-refractivity contribution in [1.82, 2.24) is 4.31 Å². The van der Waals surface area contributed by atoms with Crippen LogP contribution in [0.3, 0.4) is 0 Å². The van der Waals surface area contributed by atoms with Gasteiger partial charge >= 0.3 is 0 Å². The van der Waals surface area contributed by atoms with E-state index in [1.54, 1.807) is 4.31 Å². The highest BCUT2D eigenvalue weighted by molar-refractivity contribution is 7.77. The lowest BCUT2D eigenvalue weighted by molar-refractivity contribution is 0.700. The summed E-state index contributed by atoms with van der Waals surface area (Å²) < 4.78 is 1.71. The topological polar surface area (TPSA) is 3.24 Å². The quantitative estimate of drug-likeness (QED) is 0.459. The summed E-state index contributed by atoms with van der Waals surface area (Å²) in [6.45, 7) is 0.867. The molecule has 0 fully saturated rings. The van der Waals surface area contributed by atoms with Crippen molar-refractivity contribution in [3.8, 4) is 0 Å². The van der Waals surface area contributed by atoms with Gasteiger partial charge in [-0.1, -0.05) is 12.2 Å². The Labute approximate surface area is 48.9 Å². The normalized spacial score (nSPS) is 18.1. The number of hydrogen-bond donors (Lipinski definition) is 0. The van der Waals surface area contributed by atoms with Gasteiger partial charge in [0.05, 0.1) is 0 Å². The summed E-state index contributed by atoms with van der Waals surface area (Å²) >= 11 is 4.78. The largest absolute Gasteiger partial charge is 0.309 e. The Morgan fingerprint density at radius 3 is 2.57 bits per heavy atom. The van der Waals surface area contributed by atoms with Gasteiger partial charge in [-0.15, -0.1) is 0 Å². The van der Waals surface area contributed by atoms with Crippen LogP contribution in [0.15, 0.2) is 24.4 Å². The molecule has 1 heterocycles. The van der Waals surface area contributed by atoms with Gasteiger partial charge < -0.3 is 4.31 Å². The maximum absolute atomic E-state index is 4.78. The highest BCUT2D eigenvalue weighted by atomic mass is 32.1. The van der Waals surface area contributed by atoms with Crippen LogP contribution in [0.4, 0.5) is 0 Å². The van der Waals surface area contributed by atoms with E-state index >= 15 is 0 Å². The van der Waals surface area contributed by atoms with Gasteiger partial charge in [0.1, 0.15) is 0 Å². The van der Waals surface area contributed by atoms with Crippen LogP contribution in [0.1, 0.15) is 0 Å². The van der Waals surface area contributed by atoms with Crippen LogP contribution in [-0.2, 0) is 0 Å². The van der Waals surface area contributed by atoms with Crippen LogP contribution >= 0.6 is 12.8 Å². The molecule has 0 bridgehead atoms. The summed E-state index contributed by atoms with van der Waals surface area (Å²) in [5.74, 6) is 0. The minimum absolute atomic E-state index is 0.867. The number of nitrogens with zero attached hydrogens (tertiary/aromatic N) is 1. The number of allylic oxidation sites excluding steroid dienone is 2. The summed E-state index contributed by atoms with van der Waals surface area (Å²) in [4.78, 5) is 0. The molecule has 1 radical (unpaired) electrons. The molecule has 1 aliphatic rings. The van der Waals surface area contributed by atoms with Crippen molar-refractivity contribution in [2.75, 3.05) is 6.54 Å². The SMILES string of the molecule is [S]N1C=CC=CC1. The van der Waals surface area contributed by atoms with Gasteiger partial charge in [-0.25, -0.2) is 0 Å². The monoisotopic (exact) mass is 112 g/mol. The van der Waals surface area contributed by atoms with E-state index in [0.717, 1.165) is 6.54 Å². The molecule has 0 aromatic heterocycles. The third-order valence-corrected chi connectivity index (χ3v) is 1.06.